The lowest BCUT2D eigenvalue weighted by Gasteiger charge is -2.25. The quantitative estimate of drug-likeness (QED) is 0.175. The van der Waals surface area contributed by atoms with Crippen molar-refractivity contribution in [1.82, 2.24) is 9.97 Å². The maximum Gasteiger partial charge on any atom is 0.171 e. The van der Waals surface area contributed by atoms with Crippen LogP contribution >= 0.6 is 7.14 Å². The molecule has 8 aromatic rings. The van der Waals surface area contributed by atoms with Crippen molar-refractivity contribution in [3.63, 3.8) is 0 Å². The molecule has 0 unspecified atom stereocenters. The van der Waals surface area contributed by atoms with Crippen LogP contribution in [0.15, 0.2) is 164 Å². The number of nitrogens with zero attached hydrogens (tertiary/aromatic N) is 2. The number of fused-ring (bicyclic) bond motifs is 5. The summed E-state index contributed by atoms with van der Waals surface area (Å²) >= 11 is 0. The Morgan fingerprint density at radius 2 is 1.16 bits per heavy atom. The molecule has 0 saturated heterocycles. The lowest BCUT2D eigenvalue weighted by atomic mass is 9.78. The second-order valence-electron chi connectivity index (χ2n) is 13.3. The van der Waals surface area contributed by atoms with E-state index < -0.39 is 7.14 Å². The lowest BCUT2D eigenvalue weighted by Crippen LogP contribution is -2.24. The van der Waals surface area contributed by atoms with Crippen molar-refractivity contribution in [2.24, 2.45) is 0 Å². The van der Waals surface area contributed by atoms with Crippen molar-refractivity contribution in [3.05, 3.63) is 175 Å². The monoisotopic (exact) mass is 648 g/mol. The minimum absolute atomic E-state index is 0.180. The van der Waals surface area contributed by atoms with E-state index in [0.29, 0.717) is 0 Å². The van der Waals surface area contributed by atoms with E-state index in [-0.39, 0.29) is 5.41 Å². The SMILES string of the molecule is CC1(C)c2ccccc2-c2nc3ccccc3c(-c3ccc(-c4ccc5cc(P(=O)(c6ccccc6)c6ccccc6)ccc5n4)cc3)c21. The largest absolute Gasteiger partial charge is 0.309 e. The van der Waals surface area contributed by atoms with Crippen molar-refractivity contribution in [2.75, 3.05) is 0 Å². The highest BCUT2D eigenvalue weighted by molar-refractivity contribution is 7.85. The third-order valence-electron chi connectivity index (χ3n) is 10.1. The molecule has 0 N–H and O–H groups in total. The van der Waals surface area contributed by atoms with Gasteiger partial charge in [-0.1, -0.05) is 147 Å². The van der Waals surface area contributed by atoms with E-state index in [2.05, 4.69) is 98.8 Å². The topological polar surface area (TPSA) is 42.9 Å². The Morgan fingerprint density at radius 1 is 0.531 bits per heavy atom. The van der Waals surface area contributed by atoms with Gasteiger partial charge in [-0.2, -0.15) is 0 Å². The van der Waals surface area contributed by atoms with E-state index in [1.165, 1.54) is 27.8 Å². The van der Waals surface area contributed by atoms with Crippen molar-refractivity contribution in [3.8, 4) is 33.6 Å². The van der Waals surface area contributed by atoms with Gasteiger partial charge in [0.25, 0.3) is 0 Å². The van der Waals surface area contributed by atoms with Gasteiger partial charge < -0.3 is 4.57 Å². The van der Waals surface area contributed by atoms with Gasteiger partial charge in [-0.25, -0.2) is 9.97 Å². The summed E-state index contributed by atoms with van der Waals surface area (Å²) in [6.07, 6.45) is 0. The molecule has 3 nitrogen and oxygen atoms in total. The summed E-state index contributed by atoms with van der Waals surface area (Å²) in [6.45, 7) is 4.63. The molecule has 0 spiro atoms. The van der Waals surface area contributed by atoms with Crippen LogP contribution in [0.5, 0.6) is 0 Å². The maximum absolute atomic E-state index is 14.9. The van der Waals surface area contributed by atoms with Gasteiger partial charge in [0, 0.05) is 43.2 Å². The summed E-state index contributed by atoms with van der Waals surface area (Å²) in [5.74, 6) is 0. The normalized spacial score (nSPS) is 13.3. The number of pyridine rings is 2. The van der Waals surface area contributed by atoms with Crippen molar-refractivity contribution in [1.29, 1.82) is 0 Å². The molecular formula is C45H33N2OP. The van der Waals surface area contributed by atoms with Gasteiger partial charge >= 0.3 is 0 Å². The molecule has 0 radical (unpaired) electrons. The Balaban J connectivity index is 1.12. The molecule has 0 bridgehead atoms. The Kier molecular flexibility index (Phi) is 6.76. The fourth-order valence-electron chi connectivity index (χ4n) is 7.68. The van der Waals surface area contributed by atoms with Crippen LogP contribution in [0.2, 0.25) is 0 Å². The molecule has 1 aliphatic carbocycles. The Morgan fingerprint density at radius 3 is 1.90 bits per heavy atom. The minimum atomic E-state index is -3.07. The van der Waals surface area contributed by atoms with Gasteiger partial charge in [0.1, 0.15) is 0 Å². The zero-order valence-corrected chi connectivity index (χ0v) is 28.2. The summed E-state index contributed by atoms with van der Waals surface area (Å²) in [5, 5.41) is 4.58. The highest BCUT2D eigenvalue weighted by Gasteiger charge is 2.39. The molecule has 0 fully saturated rings. The van der Waals surface area contributed by atoms with E-state index in [1.54, 1.807) is 0 Å². The average molecular weight is 649 g/mol. The van der Waals surface area contributed by atoms with Gasteiger partial charge in [0.05, 0.1) is 22.4 Å². The molecule has 0 saturated carbocycles. The molecule has 49 heavy (non-hydrogen) atoms. The van der Waals surface area contributed by atoms with Gasteiger partial charge in [-0.15, -0.1) is 0 Å². The summed E-state index contributed by atoms with van der Waals surface area (Å²) in [7, 11) is -3.07. The molecule has 2 heterocycles. The molecule has 1 aliphatic rings. The molecular weight excluding hydrogens is 615 g/mol. The van der Waals surface area contributed by atoms with E-state index in [1.807, 2.05) is 78.9 Å². The van der Waals surface area contributed by atoms with E-state index >= 15 is 0 Å². The summed E-state index contributed by atoms with van der Waals surface area (Å²) in [4.78, 5) is 10.3. The van der Waals surface area contributed by atoms with Gasteiger partial charge in [-0.05, 0) is 52.6 Å². The fourth-order valence-corrected chi connectivity index (χ4v) is 10.4. The number of rotatable bonds is 5. The lowest BCUT2D eigenvalue weighted by molar-refractivity contribution is 0.592. The molecule has 0 aliphatic heterocycles. The zero-order chi connectivity index (χ0) is 33.2. The van der Waals surface area contributed by atoms with Crippen LogP contribution in [0.3, 0.4) is 0 Å². The average Bonchev–Trinajstić information content (AvgIpc) is 3.39. The first-order chi connectivity index (χ1) is 23.9. The minimum Gasteiger partial charge on any atom is -0.309 e. The van der Waals surface area contributed by atoms with Gasteiger partial charge in [0.2, 0.25) is 0 Å². The first kappa shape index (κ1) is 29.5. The van der Waals surface area contributed by atoms with Gasteiger partial charge in [-0.3, -0.25) is 0 Å². The fraction of sp³-hybridized carbons (Fsp3) is 0.0667. The predicted molar refractivity (Wildman–Crippen MR) is 205 cm³/mol. The maximum atomic E-state index is 14.9. The molecule has 9 rings (SSSR count). The van der Waals surface area contributed by atoms with E-state index in [9.17, 15) is 4.57 Å². The number of para-hydroxylation sites is 1. The third-order valence-corrected chi connectivity index (χ3v) is 13.2. The highest BCUT2D eigenvalue weighted by Crippen LogP contribution is 2.53. The second kappa shape index (κ2) is 11.2. The van der Waals surface area contributed by atoms with Crippen LogP contribution in [-0.4, -0.2) is 9.97 Å². The Labute approximate surface area is 286 Å². The zero-order valence-electron chi connectivity index (χ0n) is 27.3. The first-order valence-corrected chi connectivity index (χ1v) is 18.4. The van der Waals surface area contributed by atoms with Crippen LogP contribution in [0, 0.1) is 0 Å². The highest BCUT2D eigenvalue weighted by atomic mass is 31.2. The number of hydrogen-bond acceptors (Lipinski definition) is 3. The molecule has 0 amide bonds. The van der Waals surface area contributed by atoms with Crippen LogP contribution in [-0.2, 0) is 9.98 Å². The van der Waals surface area contributed by atoms with Crippen molar-refractivity contribution >= 4 is 44.9 Å². The van der Waals surface area contributed by atoms with Crippen LogP contribution in [0.4, 0.5) is 0 Å². The Bertz CT molecular complexity index is 2550. The summed E-state index contributed by atoms with van der Waals surface area (Å²) in [6, 6.07) is 55.7. The first-order valence-electron chi connectivity index (χ1n) is 16.7. The number of aromatic nitrogens is 2. The second-order valence-corrected chi connectivity index (χ2v) is 16.1. The van der Waals surface area contributed by atoms with Crippen molar-refractivity contribution < 1.29 is 4.57 Å². The molecule has 4 heteroatoms. The number of hydrogen-bond donors (Lipinski definition) is 0. The van der Waals surface area contributed by atoms with Crippen LogP contribution in [0.25, 0.3) is 55.4 Å². The van der Waals surface area contributed by atoms with Crippen LogP contribution in [0.1, 0.15) is 25.0 Å². The molecule has 2 aromatic heterocycles. The van der Waals surface area contributed by atoms with Crippen molar-refractivity contribution in [2.45, 2.75) is 19.3 Å². The standard InChI is InChI=1S/C45H33N2OP/c1-45(2)38-19-11-9-17-36(38)44-43(45)42(37-18-10-12-20-41(37)47-44)31-23-21-30(22-24-31)39-27-25-32-29-35(26-28-40(32)46-39)49(48,33-13-5-3-6-14-33)34-15-7-4-8-16-34/h3-29H,1-2H3. The molecule has 234 valence electrons. The number of benzene rings is 6. The molecule has 6 aromatic carbocycles. The van der Waals surface area contributed by atoms with E-state index in [4.69, 9.17) is 9.97 Å². The smallest absolute Gasteiger partial charge is 0.171 e. The third kappa shape index (κ3) is 4.61. The predicted octanol–water partition coefficient (Wildman–Crippen LogP) is 10.1. The van der Waals surface area contributed by atoms with Gasteiger partial charge in [0.15, 0.2) is 7.14 Å². The molecule has 0 atom stereocenters. The Hall–Kier alpha value is -5.63. The summed E-state index contributed by atoms with van der Waals surface area (Å²) in [5.41, 5.74) is 11.0. The van der Waals surface area contributed by atoms with E-state index in [0.717, 1.165) is 54.7 Å². The van der Waals surface area contributed by atoms with Crippen LogP contribution < -0.4 is 15.9 Å². The summed E-state index contributed by atoms with van der Waals surface area (Å²) < 4.78 is 14.9.